The van der Waals surface area contributed by atoms with Crippen LogP contribution >= 0.6 is 0 Å². The van der Waals surface area contributed by atoms with Crippen LogP contribution in [0.4, 0.5) is 0 Å². The first-order valence-corrected chi connectivity index (χ1v) is 8.64. The van der Waals surface area contributed by atoms with E-state index in [2.05, 4.69) is 10.4 Å². The van der Waals surface area contributed by atoms with Crippen molar-refractivity contribution >= 4 is 11.9 Å². The minimum absolute atomic E-state index is 0.101. The first kappa shape index (κ1) is 18.1. The van der Waals surface area contributed by atoms with Gasteiger partial charge in [0.15, 0.2) is 0 Å². The Morgan fingerprint density at radius 2 is 1.88 bits per heavy atom. The second-order valence-corrected chi connectivity index (χ2v) is 6.77. The van der Waals surface area contributed by atoms with Crippen LogP contribution in [0, 0.1) is 19.3 Å². The van der Waals surface area contributed by atoms with Gasteiger partial charge < -0.3 is 15.2 Å². The third-order valence-electron chi connectivity index (χ3n) is 4.87. The fraction of sp³-hybridized carbons (Fsp3) is 0.421. The number of carbonyl (C=O) groups is 2. The van der Waals surface area contributed by atoms with Gasteiger partial charge in [-0.15, -0.1) is 0 Å². The van der Waals surface area contributed by atoms with E-state index < -0.39 is 11.4 Å². The number of ether oxygens (including phenoxy) is 1. The van der Waals surface area contributed by atoms with E-state index in [1.54, 1.807) is 12.1 Å². The molecule has 1 amide bonds. The summed E-state index contributed by atoms with van der Waals surface area (Å²) >= 11 is 0. The van der Waals surface area contributed by atoms with Crippen molar-refractivity contribution in [1.29, 1.82) is 0 Å². The van der Waals surface area contributed by atoms with Crippen LogP contribution in [0.5, 0.6) is 0 Å². The summed E-state index contributed by atoms with van der Waals surface area (Å²) in [5.74, 6) is -1.17. The fourth-order valence-electron chi connectivity index (χ4n) is 3.22. The minimum atomic E-state index is -0.947. The average molecular weight is 357 g/mol. The van der Waals surface area contributed by atoms with Crippen LogP contribution in [0.15, 0.2) is 30.3 Å². The lowest BCUT2D eigenvalue weighted by atomic mass is 9.80. The number of carboxylic acid groups (broad SMARTS) is 1. The molecule has 0 atom stereocenters. The van der Waals surface area contributed by atoms with Gasteiger partial charge in [-0.1, -0.05) is 0 Å². The van der Waals surface area contributed by atoms with Gasteiger partial charge in [-0.2, -0.15) is 5.10 Å². The molecule has 1 aromatic heterocycles. The highest BCUT2D eigenvalue weighted by Crippen LogP contribution is 2.30. The lowest BCUT2D eigenvalue weighted by Crippen LogP contribution is -2.46. The average Bonchev–Trinajstić information content (AvgIpc) is 2.98. The predicted octanol–water partition coefficient (Wildman–Crippen LogP) is 2.10. The van der Waals surface area contributed by atoms with Crippen molar-refractivity contribution in [3.05, 3.63) is 47.3 Å². The van der Waals surface area contributed by atoms with E-state index in [4.69, 9.17) is 4.74 Å². The van der Waals surface area contributed by atoms with E-state index in [9.17, 15) is 14.7 Å². The number of rotatable bonds is 5. The lowest BCUT2D eigenvalue weighted by molar-refractivity contribution is -0.154. The van der Waals surface area contributed by atoms with Gasteiger partial charge in [0, 0.05) is 31.0 Å². The Morgan fingerprint density at radius 1 is 1.23 bits per heavy atom. The summed E-state index contributed by atoms with van der Waals surface area (Å²) in [6, 6.07) is 9.09. The summed E-state index contributed by atoms with van der Waals surface area (Å²) in [6.07, 6.45) is 0.805. The summed E-state index contributed by atoms with van der Waals surface area (Å²) in [6.45, 7) is 4.81. The molecule has 138 valence electrons. The number of amides is 1. The van der Waals surface area contributed by atoms with Crippen molar-refractivity contribution in [3.8, 4) is 5.69 Å². The summed E-state index contributed by atoms with van der Waals surface area (Å²) in [5, 5.41) is 16.7. The van der Waals surface area contributed by atoms with E-state index in [1.165, 1.54) is 0 Å². The number of carbonyl (C=O) groups excluding carboxylic acids is 1. The molecule has 0 aliphatic carbocycles. The molecule has 0 unspecified atom stereocenters. The Kier molecular flexibility index (Phi) is 5.08. The van der Waals surface area contributed by atoms with Crippen LogP contribution in [-0.4, -0.2) is 46.5 Å². The van der Waals surface area contributed by atoms with Crippen molar-refractivity contribution in [2.75, 3.05) is 19.8 Å². The molecule has 7 nitrogen and oxygen atoms in total. The summed E-state index contributed by atoms with van der Waals surface area (Å²) in [5.41, 5.74) is 2.36. The number of nitrogens with zero attached hydrogens (tertiary/aromatic N) is 2. The molecule has 1 aromatic carbocycles. The molecule has 2 heterocycles. The smallest absolute Gasteiger partial charge is 0.311 e. The van der Waals surface area contributed by atoms with Gasteiger partial charge in [-0.05, 0) is 57.0 Å². The molecular formula is C19H23N3O4. The number of aromatic nitrogens is 2. The van der Waals surface area contributed by atoms with E-state index in [0.29, 0.717) is 31.6 Å². The monoisotopic (exact) mass is 357 g/mol. The molecule has 2 N–H and O–H groups in total. The standard InChI is InChI=1S/C19H23N3O4/c1-13-11-14(2)22(21-13)16-5-3-15(4-6-16)17(23)20-12-19(18(24)25)7-9-26-10-8-19/h3-6,11H,7-10,12H2,1-2H3,(H,20,23)(H,24,25). The molecule has 1 fully saturated rings. The summed E-state index contributed by atoms with van der Waals surface area (Å²) in [7, 11) is 0. The van der Waals surface area contributed by atoms with Gasteiger partial charge >= 0.3 is 5.97 Å². The molecular weight excluding hydrogens is 334 g/mol. The first-order chi connectivity index (χ1) is 12.4. The number of hydrogen-bond acceptors (Lipinski definition) is 4. The highest BCUT2D eigenvalue weighted by Gasteiger charge is 2.40. The summed E-state index contributed by atoms with van der Waals surface area (Å²) in [4.78, 5) is 24.1. The normalized spacial score (nSPS) is 16.2. The van der Waals surface area contributed by atoms with Gasteiger partial charge in [-0.3, -0.25) is 9.59 Å². The molecule has 1 aliphatic heterocycles. The van der Waals surface area contributed by atoms with Crippen LogP contribution in [0.25, 0.3) is 5.69 Å². The van der Waals surface area contributed by atoms with Crippen molar-refractivity contribution in [3.63, 3.8) is 0 Å². The van der Waals surface area contributed by atoms with E-state index in [0.717, 1.165) is 17.1 Å². The van der Waals surface area contributed by atoms with Gasteiger partial charge in [0.2, 0.25) is 0 Å². The van der Waals surface area contributed by atoms with Gasteiger partial charge in [-0.25, -0.2) is 4.68 Å². The third kappa shape index (κ3) is 3.62. The van der Waals surface area contributed by atoms with Crippen molar-refractivity contribution in [2.24, 2.45) is 5.41 Å². The molecule has 1 aliphatic rings. The fourth-order valence-corrected chi connectivity index (χ4v) is 3.22. The molecule has 1 saturated heterocycles. The number of nitrogens with one attached hydrogen (secondary N) is 1. The number of carboxylic acids is 1. The van der Waals surface area contributed by atoms with Crippen LogP contribution in [-0.2, 0) is 9.53 Å². The molecule has 3 rings (SSSR count). The highest BCUT2D eigenvalue weighted by molar-refractivity contribution is 5.94. The molecule has 0 bridgehead atoms. The highest BCUT2D eigenvalue weighted by atomic mass is 16.5. The quantitative estimate of drug-likeness (QED) is 0.855. The van der Waals surface area contributed by atoms with Crippen molar-refractivity contribution in [1.82, 2.24) is 15.1 Å². The van der Waals surface area contributed by atoms with Crippen LogP contribution in [0.1, 0.15) is 34.6 Å². The van der Waals surface area contributed by atoms with Crippen LogP contribution < -0.4 is 5.32 Å². The predicted molar refractivity (Wildman–Crippen MR) is 95.5 cm³/mol. The van der Waals surface area contributed by atoms with E-state index >= 15 is 0 Å². The SMILES string of the molecule is Cc1cc(C)n(-c2ccc(C(=O)NCC3(C(=O)O)CCOCC3)cc2)n1. The molecule has 7 heteroatoms. The van der Waals surface area contributed by atoms with Crippen molar-refractivity contribution in [2.45, 2.75) is 26.7 Å². The Hall–Kier alpha value is -2.67. The van der Waals surface area contributed by atoms with Gasteiger partial charge in [0.25, 0.3) is 5.91 Å². The largest absolute Gasteiger partial charge is 0.481 e. The molecule has 26 heavy (non-hydrogen) atoms. The minimum Gasteiger partial charge on any atom is -0.481 e. The Morgan fingerprint density at radius 3 is 2.42 bits per heavy atom. The van der Waals surface area contributed by atoms with E-state index in [-0.39, 0.29) is 12.5 Å². The molecule has 0 saturated carbocycles. The number of benzene rings is 1. The van der Waals surface area contributed by atoms with Gasteiger partial charge in [0.1, 0.15) is 0 Å². The first-order valence-electron chi connectivity index (χ1n) is 8.64. The number of aryl methyl sites for hydroxylation is 2. The molecule has 2 aromatic rings. The maximum Gasteiger partial charge on any atom is 0.311 e. The lowest BCUT2D eigenvalue weighted by Gasteiger charge is -2.33. The second-order valence-electron chi connectivity index (χ2n) is 6.77. The summed E-state index contributed by atoms with van der Waals surface area (Å²) < 4.78 is 7.07. The van der Waals surface area contributed by atoms with Crippen LogP contribution in [0.3, 0.4) is 0 Å². The van der Waals surface area contributed by atoms with E-state index in [1.807, 2.05) is 36.7 Å². The molecule has 0 radical (unpaired) electrons. The van der Waals surface area contributed by atoms with Gasteiger partial charge in [0.05, 0.1) is 16.8 Å². The molecule has 0 spiro atoms. The zero-order chi connectivity index (χ0) is 18.7. The Balaban J connectivity index is 1.68. The topological polar surface area (TPSA) is 93.5 Å². The van der Waals surface area contributed by atoms with Crippen LogP contribution in [0.2, 0.25) is 0 Å². The Bertz CT molecular complexity index is 805. The zero-order valence-corrected chi connectivity index (χ0v) is 15.0. The number of hydrogen-bond donors (Lipinski definition) is 2. The maximum absolute atomic E-state index is 12.4. The Labute approximate surface area is 152 Å². The maximum atomic E-state index is 12.4. The zero-order valence-electron chi connectivity index (χ0n) is 15.0. The third-order valence-corrected chi connectivity index (χ3v) is 4.87. The number of aliphatic carboxylic acids is 1. The van der Waals surface area contributed by atoms with Crippen molar-refractivity contribution < 1.29 is 19.4 Å². The second kappa shape index (κ2) is 7.29.